The standard InChI is InChI=1S/C10H10N2O3/c1-2-4-8(13)12-7-5-3-6-11-9(7)10(14)15/h2-3,5-6H,1,4H2,(H,12,13)(H,14,15). The Labute approximate surface area is 86.5 Å². The van der Waals surface area contributed by atoms with Crippen molar-refractivity contribution in [2.75, 3.05) is 5.32 Å². The molecule has 0 saturated carbocycles. The van der Waals surface area contributed by atoms with Gasteiger partial charge in [-0.2, -0.15) is 0 Å². The molecule has 0 radical (unpaired) electrons. The summed E-state index contributed by atoms with van der Waals surface area (Å²) in [7, 11) is 0. The van der Waals surface area contributed by atoms with Gasteiger partial charge in [0.25, 0.3) is 0 Å². The first kappa shape index (κ1) is 10.9. The number of pyridine rings is 1. The second-order valence-electron chi connectivity index (χ2n) is 2.75. The van der Waals surface area contributed by atoms with E-state index in [4.69, 9.17) is 5.11 Å². The van der Waals surface area contributed by atoms with E-state index in [-0.39, 0.29) is 23.7 Å². The van der Waals surface area contributed by atoms with Crippen LogP contribution in [0.1, 0.15) is 16.9 Å². The van der Waals surface area contributed by atoms with Gasteiger partial charge in [-0.25, -0.2) is 9.78 Å². The molecule has 0 saturated heterocycles. The van der Waals surface area contributed by atoms with E-state index in [1.165, 1.54) is 18.3 Å². The van der Waals surface area contributed by atoms with Crippen molar-refractivity contribution in [3.63, 3.8) is 0 Å². The molecular formula is C10H10N2O3. The molecule has 1 aromatic rings. The van der Waals surface area contributed by atoms with Crippen LogP contribution in [-0.2, 0) is 4.79 Å². The molecule has 1 heterocycles. The Hall–Kier alpha value is -2.17. The van der Waals surface area contributed by atoms with Crippen LogP contribution in [0, 0.1) is 0 Å². The van der Waals surface area contributed by atoms with E-state index in [1.807, 2.05) is 0 Å². The van der Waals surface area contributed by atoms with Crippen molar-refractivity contribution in [3.05, 3.63) is 36.7 Å². The van der Waals surface area contributed by atoms with Gasteiger partial charge in [0.15, 0.2) is 5.69 Å². The van der Waals surface area contributed by atoms with Gasteiger partial charge in [-0.05, 0) is 12.1 Å². The molecular weight excluding hydrogens is 196 g/mol. The number of rotatable bonds is 4. The number of carbonyl (C=O) groups is 2. The SMILES string of the molecule is C=CCC(=O)Nc1cccnc1C(=O)O. The maximum Gasteiger partial charge on any atom is 0.356 e. The topological polar surface area (TPSA) is 79.3 Å². The summed E-state index contributed by atoms with van der Waals surface area (Å²) in [5.41, 5.74) is 0.0202. The normalized spacial score (nSPS) is 9.33. The lowest BCUT2D eigenvalue weighted by molar-refractivity contribution is -0.115. The average Bonchev–Trinajstić information content (AvgIpc) is 2.18. The fraction of sp³-hybridized carbons (Fsp3) is 0.100. The van der Waals surface area contributed by atoms with Gasteiger partial charge < -0.3 is 10.4 Å². The van der Waals surface area contributed by atoms with Crippen molar-refractivity contribution in [3.8, 4) is 0 Å². The molecule has 0 aromatic carbocycles. The number of carboxylic acids is 1. The van der Waals surface area contributed by atoms with Crippen LogP contribution in [0.5, 0.6) is 0 Å². The number of nitrogens with one attached hydrogen (secondary N) is 1. The minimum atomic E-state index is -1.18. The molecule has 5 heteroatoms. The predicted molar refractivity (Wildman–Crippen MR) is 54.6 cm³/mol. The molecule has 0 spiro atoms. The smallest absolute Gasteiger partial charge is 0.356 e. The number of nitrogens with zero attached hydrogens (tertiary/aromatic N) is 1. The number of aromatic nitrogens is 1. The third kappa shape index (κ3) is 2.91. The Bertz CT molecular complexity index is 401. The lowest BCUT2D eigenvalue weighted by Crippen LogP contribution is -2.14. The lowest BCUT2D eigenvalue weighted by atomic mass is 10.3. The van der Waals surface area contributed by atoms with Crippen LogP contribution in [0.4, 0.5) is 5.69 Å². The molecule has 1 aromatic heterocycles. The minimum absolute atomic E-state index is 0.133. The summed E-state index contributed by atoms with van der Waals surface area (Å²) in [6, 6.07) is 3.04. The molecule has 15 heavy (non-hydrogen) atoms. The first-order chi connectivity index (χ1) is 7.15. The van der Waals surface area contributed by atoms with E-state index >= 15 is 0 Å². The Morgan fingerprint density at radius 1 is 1.60 bits per heavy atom. The van der Waals surface area contributed by atoms with Crippen molar-refractivity contribution in [2.24, 2.45) is 0 Å². The zero-order valence-electron chi connectivity index (χ0n) is 7.93. The summed E-state index contributed by atoms with van der Waals surface area (Å²) in [6.45, 7) is 3.41. The summed E-state index contributed by atoms with van der Waals surface area (Å²) < 4.78 is 0. The highest BCUT2D eigenvalue weighted by molar-refractivity contribution is 5.99. The van der Waals surface area contributed by atoms with E-state index in [2.05, 4.69) is 16.9 Å². The summed E-state index contributed by atoms with van der Waals surface area (Å²) in [4.78, 5) is 25.6. The number of hydrogen-bond acceptors (Lipinski definition) is 3. The maximum absolute atomic E-state index is 11.2. The van der Waals surface area contributed by atoms with E-state index in [0.29, 0.717) is 0 Å². The third-order valence-corrected chi connectivity index (χ3v) is 1.61. The van der Waals surface area contributed by atoms with Crippen LogP contribution in [0.25, 0.3) is 0 Å². The third-order valence-electron chi connectivity index (χ3n) is 1.61. The van der Waals surface area contributed by atoms with Gasteiger partial charge >= 0.3 is 5.97 Å². The van der Waals surface area contributed by atoms with Gasteiger partial charge in [0.05, 0.1) is 5.69 Å². The number of hydrogen-bond donors (Lipinski definition) is 2. The molecule has 0 unspecified atom stereocenters. The van der Waals surface area contributed by atoms with Crippen molar-refractivity contribution in [1.29, 1.82) is 0 Å². The van der Waals surface area contributed by atoms with E-state index < -0.39 is 5.97 Å². The number of carbonyl (C=O) groups excluding carboxylic acids is 1. The monoisotopic (exact) mass is 206 g/mol. The molecule has 0 aliphatic carbocycles. The first-order valence-electron chi connectivity index (χ1n) is 4.24. The fourth-order valence-electron chi connectivity index (χ4n) is 1.01. The molecule has 0 bridgehead atoms. The van der Waals surface area contributed by atoms with Crippen LogP contribution in [-0.4, -0.2) is 22.0 Å². The average molecular weight is 206 g/mol. The highest BCUT2D eigenvalue weighted by Gasteiger charge is 2.12. The lowest BCUT2D eigenvalue weighted by Gasteiger charge is -2.05. The summed E-state index contributed by atoms with van der Waals surface area (Å²) >= 11 is 0. The number of anilines is 1. The van der Waals surface area contributed by atoms with Crippen molar-refractivity contribution >= 4 is 17.6 Å². The van der Waals surface area contributed by atoms with Crippen molar-refractivity contribution < 1.29 is 14.7 Å². The fourth-order valence-corrected chi connectivity index (χ4v) is 1.01. The van der Waals surface area contributed by atoms with Crippen LogP contribution >= 0.6 is 0 Å². The Morgan fingerprint density at radius 3 is 2.93 bits per heavy atom. The van der Waals surface area contributed by atoms with Crippen molar-refractivity contribution in [1.82, 2.24) is 4.98 Å². The first-order valence-corrected chi connectivity index (χ1v) is 4.24. The highest BCUT2D eigenvalue weighted by atomic mass is 16.4. The molecule has 78 valence electrons. The molecule has 0 aliphatic rings. The number of aromatic carboxylic acids is 1. The van der Waals surface area contributed by atoms with Gasteiger partial charge in [0, 0.05) is 12.6 Å². The Kier molecular flexibility index (Phi) is 3.56. The van der Waals surface area contributed by atoms with Gasteiger partial charge in [-0.1, -0.05) is 6.08 Å². The molecule has 0 aliphatic heterocycles. The van der Waals surface area contributed by atoms with Crippen molar-refractivity contribution in [2.45, 2.75) is 6.42 Å². The zero-order chi connectivity index (χ0) is 11.3. The zero-order valence-corrected chi connectivity index (χ0v) is 7.93. The Morgan fingerprint density at radius 2 is 2.33 bits per heavy atom. The number of amides is 1. The second-order valence-corrected chi connectivity index (χ2v) is 2.75. The Balaban J connectivity index is 2.89. The second kappa shape index (κ2) is 4.90. The molecule has 2 N–H and O–H groups in total. The largest absolute Gasteiger partial charge is 0.476 e. The summed E-state index contributed by atoms with van der Waals surface area (Å²) in [5, 5.41) is 11.2. The molecule has 5 nitrogen and oxygen atoms in total. The predicted octanol–water partition coefficient (Wildman–Crippen LogP) is 1.29. The van der Waals surface area contributed by atoms with Crippen LogP contribution < -0.4 is 5.32 Å². The summed E-state index contributed by atoms with van der Waals surface area (Å²) in [6.07, 6.45) is 2.92. The van der Waals surface area contributed by atoms with E-state index in [9.17, 15) is 9.59 Å². The van der Waals surface area contributed by atoms with Crippen LogP contribution in [0.2, 0.25) is 0 Å². The minimum Gasteiger partial charge on any atom is -0.476 e. The number of carboxylic acid groups (broad SMARTS) is 1. The van der Waals surface area contributed by atoms with Gasteiger partial charge in [0.2, 0.25) is 5.91 Å². The van der Waals surface area contributed by atoms with Gasteiger partial charge in [-0.15, -0.1) is 6.58 Å². The van der Waals surface area contributed by atoms with Gasteiger partial charge in [0.1, 0.15) is 0 Å². The van der Waals surface area contributed by atoms with E-state index in [1.54, 1.807) is 6.07 Å². The quantitative estimate of drug-likeness (QED) is 0.727. The van der Waals surface area contributed by atoms with Crippen LogP contribution in [0.15, 0.2) is 31.0 Å². The molecule has 0 fully saturated rings. The van der Waals surface area contributed by atoms with Crippen LogP contribution in [0.3, 0.4) is 0 Å². The summed E-state index contributed by atoms with van der Waals surface area (Å²) in [5.74, 6) is -1.50. The maximum atomic E-state index is 11.2. The molecule has 1 amide bonds. The molecule has 0 atom stereocenters. The van der Waals surface area contributed by atoms with E-state index in [0.717, 1.165) is 0 Å². The van der Waals surface area contributed by atoms with Gasteiger partial charge in [-0.3, -0.25) is 4.79 Å². The highest BCUT2D eigenvalue weighted by Crippen LogP contribution is 2.12. The molecule has 1 rings (SSSR count).